The summed E-state index contributed by atoms with van der Waals surface area (Å²) in [5, 5.41) is 6.34. The molecule has 1 nitrogen and oxygen atoms in total. The molecule has 1 aliphatic heterocycles. The summed E-state index contributed by atoms with van der Waals surface area (Å²) >= 11 is -1.97. The quantitative estimate of drug-likeness (QED) is 0.261. The Morgan fingerprint density at radius 2 is 0.900 bits per heavy atom. The minimum Gasteiger partial charge on any atom is -0.518 e. The van der Waals surface area contributed by atoms with Crippen LogP contribution in [-0.4, -0.2) is 50.0 Å². The van der Waals surface area contributed by atoms with E-state index in [0.29, 0.717) is 4.46 Å². The highest BCUT2D eigenvalue weighted by Gasteiger charge is 2.61. The van der Waals surface area contributed by atoms with E-state index in [1.54, 1.807) is 15.8 Å². The van der Waals surface area contributed by atoms with Crippen molar-refractivity contribution < 1.29 is 3.79 Å². The van der Waals surface area contributed by atoms with Gasteiger partial charge in [-0.25, -0.2) is 0 Å². The van der Waals surface area contributed by atoms with Crippen LogP contribution in [0.15, 0.2) is 0 Å². The lowest BCUT2D eigenvalue weighted by Gasteiger charge is -2.54. The normalized spacial score (nSPS) is 17.8. The van der Waals surface area contributed by atoms with Gasteiger partial charge in [0.05, 0.1) is 0 Å². The molecule has 1 aliphatic rings. The summed E-state index contributed by atoms with van der Waals surface area (Å²) in [6.07, 6.45) is 2.75. The summed E-state index contributed by atoms with van der Waals surface area (Å²) in [6, 6.07) is 0. The molecule has 0 saturated carbocycles. The molecule has 0 bridgehead atoms. The van der Waals surface area contributed by atoms with Crippen molar-refractivity contribution in [3.8, 4) is 0 Å². The molecule has 0 aromatic rings. The van der Waals surface area contributed by atoms with Gasteiger partial charge < -0.3 is 3.79 Å². The van der Waals surface area contributed by atoms with Gasteiger partial charge in [-0.3, -0.25) is 0 Å². The lowest BCUT2D eigenvalue weighted by molar-refractivity contribution is 0.0998. The summed E-state index contributed by atoms with van der Waals surface area (Å²) in [6.45, 7) is 30.0. The van der Waals surface area contributed by atoms with Gasteiger partial charge in [0.2, 0.25) is 12.2 Å². The maximum atomic E-state index is 7.74. The molecule has 1 rings (SSSR count). The van der Waals surface area contributed by atoms with Crippen molar-refractivity contribution in [1.82, 2.24) is 0 Å². The zero-order chi connectivity index (χ0) is 23.2. The second kappa shape index (κ2) is 13.8. The van der Waals surface area contributed by atoms with Gasteiger partial charge in [0.15, 0.2) is 10.3 Å². The smallest absolute Gasteiger partial charge is 0.361 e. The Hall–Kier alpha value is 2.09. The fraction of sp³-hybridized carbons (Fsp3) is 1.00. The fourth-order valence-corrected chi connectivity index (χ4v) is 77.8. The highest BCUT2D eigenvalue weighted by atomic mass is 28.7. The first-order valence-electron chi connectivity index (χ1n) is 13.4. The van der Waals surface area contributed by atoms with Crippen molar-refractivity contribution in [2.45, 2.75) is 122 Å². The van der Waals surface area contributed by atoms with Crippen LogP contribution < -0.4 is 0 Å². The Balaban J connectivity index is 3.58. The first-order valence-corrected chi connectivity index (χ1v) is 25.8. The Labute approximate surface area is 204 Å². The summed E-state index contributed by atoms with van der Waals surface area (Å²) in [5.74, 6) is 5.05. The maximum absolute atomic E-state index is 7.74. The predicted molar refractivity (Wildman–Crippen MR) is 144 cm³/mol. The van der Waals surface area contributed by atoms with Crippen molar-refractivity contribution >= 4 is 45.5 Å². The molecule has 0 unspecified atom stereocenters. The average molecular weight is 479 g/mol. The third-order valence-electron chi connectivity index (χ3n) is 7.03. The van der Waals surface area contributed by atoms with Crippen molar-refractivity contribution in [1.29, 1.82) is 0 Å². The van der Waals surface area contributed by atoms with Crippen LogP contribution in [0.5, 0.6) is 0 Å². The molecular formula is C25H54Al4O. The summed E-state index contributed by atoms with van der Waals surface area (Å²) < 4.78 is 8.09. The Bertz CT molecular complexity index is 466. The molecule has 0 aromatic carbocycles. The lowest BCUT2D eigenvalue weighted by Crippen LogP contribution is -2.74. The standard InChI is InChI=1S/C9H18O.4C4H9.4Al/c1-7(2)5-9(10)6-8(3)4;4*1-4(2)3;;;;/h7-8H,5-6H2,1-4H3;4*4H,1H2,2-3H3;;;;/q-1;;;;;;;;+1. The largest absolute Gasteiger partial charge is 0.518 e. The van der Waals surface area contributed by atoms with E-state index in [9.17, 15) is 0 Å². The molecule has 1 saturated heterocycles. The monoisotopic (exact) mass is 478 g/mol. The minimum absolute atomic E-state index is 0.352. The van der Waals surface area contributed by atoms with Crippen molar-refractivity contribution in [2.24, 2.45) is 35.5 Å². The van der Waals surface area contributed by atoms with Crippen molar-refractivity contribution in [3.63, 3.8) is 0 Å². The van der Waals surface area contributed by atoms with Gasteiger partial charge in [0, 0.05) is 0 Å². The third kappa shape index (κ3) is 9.76. The molecule has 0 aromatic heterocycles. The Morgan fingerprint density at radius 1 is 0.500 bits per heavy atom. The number of rotatable bonds is 12. The van der Waals surface area contributed by atoms with E-state index in [0.717, 1.165) is 35.5 Å². The van der Waals surface area contributed by atoms with Crippen LogP contribution in [0.2, 0.25) is 21.1 Å². The molecule has 0 aliphatic carbocycles. The van der Waals surface area contributed by atoms with Crippen molar-refractivity contribution in [2.75, 3.05) is 0 Å². The molecule has 1 heterocycles. The van der Waals surface area contributed by atoms with Crippen LogP contribution in [0.1, 0.15) is 95.9 Å². The molecule has 1 fully saturated rings. The van der Waals surface area contributed by atoms with E-state index in [-0.39, 0.29) is 0 Å². The zero-order valence-electron chi connectivity index (χ0n) is 22.9. The molecule has 5 heteroatoms. The molecule has 0 N–H and O–H groups in total. The minimum atomic E-state index is -1.06. The topological polar surface area (TPSA) is 9.23 Å². The molecule has 0 amide bonds. The van der Waals surface area contributed by atoms with Crippen LogP contribution in [0.3, 0.4) is 0 Å². The second-order valence-corrected chi connectivity index (χ2v) is 41.0. The predicted octanol–water partition coefficient (Wildman–Crippen LogP) is 7.72. The summed E-state index contributed by atoms with van der Waals surface area (Å²) in [5.41, 5.74) is 0. The molecule has 0 spiro atoms. The third-order valence-corrected chi connectivity index (χ3v) is 56.3. The highest BCUT2D eigenvalue weighted by Crippen LogP contribution is 2.43. The van der Waals surface area contributed by atoms with E-state index in [2.05, 4.69) is 83.1 Å². The van der Waals surface area contributed by atoms with Gasteiger partial charge in [-0.15, -0.1) is 10.6 Å². The summed E-state index contributed by atoms with van der Waals surface area (Å²) in [7, 11) is -1.37. The molecular weight excluding hydrogens is 424 g/mol. The zero-order valence-corrected chi connectivity index (χ0v) is 27.5. The lowest BCUT2D eigenvalue weighted by atomic mass is 9.97. The van der Waals surface area contributed by atoms with Gasteiger partial charge in [-0.2, -0.15) is 0 Å². The fourth-order valence-electron chi connectivity index (χ4n) is 6.64. The van der Waals surface area contributed by atoms with E-state index < -0.39 is 45.5 Å². The van der Waals surface area contributed by atoms with Gasteiger partial charge in [0.25, 0.3) is 0 Å². The van der Waals surface area contributed by atoms with Gasteiger partial charge in [-0.05, 0) is 29.1 Å². The molecule has 172 valence electrons. The number of hydrogen-bond acceptors (Lipinski definition) is 1. The second-order valence-electron chi connectivity index (χ2n) is 13.4. The first-order chi connectivity index (χ1) is 13.8. The maximum Gasteiger partial charge on any atom is 0.361 e. The van der Waals surface area contributed by atoms with Crippen LogP contribution in [-0.2, 0) is 3.79 Å². The van der Waals surface area contributed by atoms with Crippen LogP contribution >= 0.6 is 0 Å². The van der Waals surface area contributed by atoms with Gasteiger partial charge >= 0.3 is 12.6 Å². The van der Waals surface area contributed by atoms with Crippen LogP contribution in [0, 0.1) is 35.5 Å². The van der Waals surface area contributed by atoms with E-state index in [1.165, 1.54) is 18.1 Å². The SMILES string of the molecule is CC(C)[CH2][Al]1[O][C](CC(C)C)(CC(C)C)[Al]([CH2]C(C)C)[Al]([CH2]C(C)C)[Al]1[CH2]C(C)C. The van der Waals surface area contributed by atoms with E-state index in [4.69, 9.17) is 3.79 Å². The highest BCUT2D eigenvalue weighted by molar-refractivity contribution is 7.65. The Kier molecular flexibility index (Phi) is 13.9. The molecule has 30 heavy (non-hydrogen) atoms. The molecule has 0 radical (unpaired) electrons. The Morgan fingerprint density at radius 3 is 1.27 bits per heavy atom. The molecule has 0 atom stereocenters. The van der Waals surface area contributed by atoms with Gasteiger partial charge in [0.1, 0.15) is 10.3 Å². The average Bonchev–Trinajstić information content (AvgIpc) is 2.51. The first kappa shape index (κ1) is 30.1. The summed E-state index contributed by atoms with van der Waals surface area (Å²) in [4.78, 5) is 0. The van der Waals surface area contributed by atoms with Gasteiger partial charge in [-0.1, -0.05) is 117 Å². The van der Waals surface area contributed by atoms with Crippen molar-refractivity contribution in [3.05, 3.63) is 0 Å². The van der Waals surface area contributed by atoms with E-state index >= 15 is 0 Å². The van der Waals surface area contributed by atoms with Crippen LogP contribution in [0.4, 0.5) is 0 Å². The van der Waals surface area contributed by atoms with Crippen LogP contribution in [0.25, 0.3) is 0 Å². The van der Waals surface area contributed by atoms with E-state index in [1.807, 2.05) is 0 Å². The number of hydrogen-bond donors (Lipinski definition) is 0.